The molecule has 10 heteroatoms. The topological polar surface area (TPSA) is 114 Å². The Bertz CT molecular complexity index is 1120. The number of amides is 1. The van der Waals surface area contributed by atoms with E-state index >= 15 is 0 Å². The Kier molecular flexibility index (Phi) is 6.68. The van der Waals surface area contributed by atoms with Crippen molar-refractivity contribution >= 4 is 39.3 Å². The van der Waals surface area contributed by atoms with Gasteiger partial charge >= 0.3 is 0 Å². The maximum absolute atomic E-state index is 12.6. The van der Waals surface area contributed by atoms with Crippen molar-refractivity contribution in [2.75, 3.05) is 10.0 Å². The van der Waals surface area contributed by atoms with Gasteiger partial charge in [-0.15, -0.1) is 0 Å². The molecule has 2 aromatic heterocycles. The normalized spacial score (nSPS) is 12.2. The zero-order valence-electron chi connectivity index (χ0n) is 16.7. The first-order valence-corrected chi connectivity index (χ1v) is 11.4. The standard InChI is InChI=1S/C20H21N5O3S2/c1-13-12-14(2)23-20(22-13)25-30(27,28)17-9-7-16(8-10-17)24-19(26)15(3)29-18-6-4-5-11-21-18/h4-12,15H,1-3H3,(H,24,26)(H,22,23,25). The first kappa shape index (κ1) is 21.7. The van der Waals surface area contributed by atoms with E-state index in [0.29, 0.717) is 17.1 Å². The second-order valence-electron chi connectivity index (χ2n) is 6.52. The van der Waals surface area contributed by atoms with Gasteiger partial charge in [0.2, 0.25) is 11.9 Å². The van der Waals surface area contributed by atoms with Crippen LogP contribution in [-0.4, -0.2) is 34.5 Å². The van der Waals surface area contributed by atoms with Crippen LogP contribution in [-0.2, 0) is 14.8 Å². The Balaban J connectivity index is 1.65. The van der Waals surface area contributed by atoms with Crippen molar-refractivity contribution in [1.82, 2.24) is 15.0 Å². The molecule has 8 nitrogen and oxygen atoms in total. The second-order valence-corrected chi connectivity index (χ2v) is 9.56. The number of aromatic nitrogens is 3. The molecule has 1 atom stereocenters. The molecule has 3 aromatic rings. The molecule has 0 aliphatic carbocycles. The first-order chi connectivity index (χ1) is 14.2. The van der Waals surface area contributed by atoms with Crippen LogP contribution in [0.4, 0.5) is 11.6 Å². The molecule has 1 amide bonds. The van der Waals surface area contributed by atoms with Crippen LogP contribution in [0.1, 0.15) is 18.3 Å². The monoisotopic (exact) mass is 443 g/mol. The number of hydrogen-bond donors (Lipinski definition) is 2. The number of nitrogens with one attached hydrogen (secondary N) is 2. The molecular formula is C20H21N5O3S2. The van der Waals surface area contributed by atoms with Crippen molar-refractivity contribution in [3.63, 3.8) is 0 Å². The zero-order valence-corrected chi connectivity index (χ0v) is 18.3. The highest BCUT2D eigenvalue weighted by atomic mass is 32.2. The van der Waals surface area contributed by atoms with Crippen molar-refractivity contribution in [3.05, 3.63) is 66.1 Å². The lowest BCUT2D eigenvalue weighted by Gasteiger charge is -2.12. The lowest BCUT2D eigenvalue weighted by Crippen LogP contribution is -2.22. The SMILES string of the molecule is Cc1cc(C)nc(NS(=O)(=O)c2ccc(NC(=O)C(C)Sc3ccccn3)cc2)n1. The van der Waals surface area contributed by atoms with Crippen molar-refractivity contribution in [1.29, 1.82) is 0 Å². The van der Waals surface area contributed by atoms with Gasteiger partial charge in [0, 0.05) is 23.3 Å². The Labute approximate surface area is 179 Å². The van der Waals surface area contributed by atoms with Gasteiger partial charge in [0.25, 0.3) is 10.0 Å². The van der Waals surface area contributed by atoms with Gasteiger partial charge in [-0.3, -0.25) is 4.79 Å². The van der Waals surface area contributed by atoms with E-state index in [9.17, 15) is 13.2 Å². The van der Waals surface area contributed by atoms with E-state index in [1.54, 1.807) is 33.0 Å². The van der Waals surface area contributed by atoms with Crippen LogP contribution in [0.15, 0.2) is 64.6 Å². The van der Waals surface area contributed by atoms with Gasteiger partial charge < -0.3 is 5.32 Å². The van der Waals surface area contributed by atoms with Gasteiger partial charge in [-0.25, -0.2) is 28.1 Å². The summed E-state index contributed by atoms with van der Waals surface area (Å²) in [5.74, 6) is -0.187. The smallest absolute Gasteiger partial charge is 0.264 e. The summed E-state index contributed by atoms with van der Waals surface area (Å²) >= 11 is 1.34. The molecule has 0 bridgehead atoms. The fourth-order valence-corrected chi connectivity index (χ4v) is 4.31. The summed E-state index contributed by atoms with van der Waals surface area (Å²) in [4.78, 5) is 24.8. The number of carbonyl (C=O) groups is 1. The summed E-state index contributed by atoms with van der Waals surface area (Å²) in [6.07, 6.45) is 1.67. The number of benzene rings is 1. The van der Waals surface area contributed by atoms with E-state index in [4.69, 9.17) is 0 Å². The number of aryl methyl sites for hydroxylation is 2. The van der Waals surface area contributed by atoms with Crippen molar-refractivity contribution in [2.45, 2.75) is 35.9 Å². The predicted octanol–water partition coefficient (Wildman–Crippen LogP) is 3.41. The van der Waals surface area contributed by atoms with Gasteiger partial charge in [0.05, 0.1) is 15.2 Å². The minimum atomic E-state index is -3.85. The third-order valence-electron chi connectivity index (χ3n) is 3.94. The number of thioether (sulfide) groups is 1. The number of sulfonamides is 1. The highest BCUT2D eigenvalue weighted by Crippen LogP contribution is 2.22. The second kappa shape index (κ2) is 9.23. The molecule has 0 saturated carbocycles. The Morgan fingerprint density at radius 3 is 2.30 bits per heavy atom. The molecule has 0 radical (unpaired) electrons. The van der Waals surface area contributed by atoms with E-state index in [0.717, 1.165) is 5.03 Å². The van der Waals surface area contributed by atoms with Crippen molar-refractivity contribution < 1.29 is 13.2 Å². The maximum atomic E-state index is 12.6. The van der Waals surface area contributed by atoms with Gasteiger partial charge in [-0.1, -0.05) is 17.8 Å². The lowest BCUT2D eigenvalue weighted by molar-refractivity contribution is -0.115. The van der Waals surface area contributed by atoms with Crippen LogP contribution < -0.4 is 10.0 Å². The van der Waals surface area contributed by atoms with Gasteiger partial charge in [-0.05, 0) is 63.2 Å². The highest BCUT2D eigenvalue weighted by Gasteiger charge is 2.18. The number of nitrogens with zero attached hydrogens (tertiary/aromatic N) is 3. The molecule has 2 heterocycles. The zero-order chi connectivity index (χ0) is 21.7. The Hall–Kier alpha value is -2.98. The molecule has 0 saturated heterocycles. The number of hydrogen-bond acceptors (Lipinski definition) is 7. The Morgan fingerprint density at radius 2 is 1.70 bits per heavy atom. The summed E-state index contributed by atoms with van der Waals surface area (Å²) < 4.78 is 27.5. The molecule has 2 N–H and O–H groups in total. The average molecular weight is 444 g/mol. The average Bonchev–Trinajstić information content (AvgIpc) is 2.68. The molecule has 30 heavy (non-hydrogen) atoms. The molecule has 0 spiro atoms. The molecule has 156 valence electrons. The van der Waals surface area contributed by atoms with Gasteiger partial charge in [0.1, 0.15) is 0 Å². The highest BCUT2D eigenvalue weighted by molar-refractivity contribution is 8.00. The van der Waals surface area contributed by atoms with Crippen LogP contribution in [0.5, 0.6) is 0 Å². The lowest BCUT2D eigenvalue weighted by atomic mass is 10.3. The van der Waals surface area contributed by atoms with Crippen LogP contribution in [0, 0.1) is 13.8 Å². The summed E-state index contributed by atoms with van der Waals surface area (Å²) in [5.41, 5.74) is 1.82. The van der Waals surface area contributed by atoms with E-state index in [1.807, 2.05) is 18.2 Å². The third-order valence-corrected chi connectivity index (χ3v) is 6.34. The summed E-state index contributed by atoms with van der Waals surface area (Å²) in [7, 11) is -3.85. The maximum Gasteiger partial charge on any atom is 0.264 e. The van der Waals surface area contributed by atoms with Crippen LogP contribution in [0.2, 0.25) is 0 Å². The fraction of sp³-hybridized carbons (Fsp3) is 0.200. The predicted molar refractivity (Wildman–Crippen MR) is 117 cm³/mol. The molecular weight excluding hydrogens is 422 g/mol. The quantitative estimate of drug-likeness (QED) is 0.538. The van der Waals surface area contributed by atoms with Crippen molar-refractivity contribution in [3.8, 4) is 0 Å². The number of carbonyl (C=O) groups excluding carboxylic acids is 1. The Morgan fingerprint density at radius 1 is 1.03 bits per heavy atom. The van der Waals surface area contributed by atoms with E-state index in [2.05, 4.69) is 25.0 Å². The van der Waals surface area contributed by atoms with Crippen LogP contribution in [0.25, 0.3) is 0 Å². The van der Waals surface area contributed by atoms with Crippen LogP contribution in [0.3, 0.4) is 0 Å². The molecule has 0 aliphatic rings. The van der Waals surface area contributed by atoms with Crippen molar-refractivity contribution in [2.24, 2.45) is 0 Å². The molecule has 1 aromatic carbocycles. The molecule has 3 rings (SSSR count). The summed E-state index contributed by atoms with van der Waals surface area (Å²) in [6.45, 7) is 5.30. The molecule has 0 fully saturated rings. The molecule has 1 unspecified atom stereocenters. The van der Waals surface area contributed by atoms with Gasteiger partial charge in [-0.2, -0.15) is 0 Å². The minimum absolute atomic E-state index is 0.0188. The summed E-state index contributed by atoms with van der Waals surface area (Å²) in [5, 5.41) is 3.16. The van der Waals surface area contributed by atoms with Crippen LogP contribution >= 0.6 is 11.8 Å². The number of anilines is 2. The van der Waals surface area contributed by atoms with Gasteiger partial charge in [0.15, 0.2) is 0 Å². The largest absolute Gasteiger partial charge is 0.325 e. The van der Waals surface area contributed by atoms with E-state index in [-0.39, 0.29) is 22.0 Å². The fourth-order valence-electron chi connectivity index (χ4n) is 2.56. The van der Waals surface area contributed by atoms with E-state index in [1.165, 1.54) is 36.0 Å². The summed E-state index contributed by atoms with van der Waals surface area (Å²) in [6, 6.07) is 13.2. The number of rotatable bonds is 7. The third kappa shape index (κ3) is 5.77. The minimum Gasteiger partial charge on any atom is -0.325 e. The number of pyridine rings is 1. The van der Waals surface area contributed by atoms with E-state index < -0.39 is 10.0 Å². The first-order valence-electron chi connectivity index (χ1n) is 9.07. The molecule has 0 aliphatic heterocycles.